The van der Waals surface area contributed by atoms with Crippen molar-refractivity contribution in [1.82, 2.24) is 0 Å². The van der Waals surface area contributed by atoms with Crippen LogP contribution >= 0.6 is 39.1 Å². The number of carbonyl (C=O) groups excluding carboxylic acids is 1. The lowest BCUT2D eigenvalue weighted by atomic mass is 10.1. The first kappa shape index (κ1) is 16.1. The van der Waals surface area contributed by atoms with Gasteiger partial charge in [-0.05, 0) is 48.6 Å². The van der Waals surface area contributed by atoms with E-state index in [0.29, 0.717) is 21.4 Å². The highest BCUT2D eigenvalue weighted by atomic mass is 79.9. The number of ether oxygens (including phenoxy) is 1. The van der Waals surface area contributed by atoms with E-state index in [4.69, 9.17) is 27.9 Å². The van der Waals surface area contributed by atoms with Crippen LogP contribution in [0.4, 0.5) is 0 Å². The molecular weight excluding hydrogens is 375 g/mol. The zero-order valence-electron chi connectivity index (χ0n) is 11.1. The summed E-state index contributed by atoms with van der Waals surface area (Å²) in [6.45, 7) is 0. The lowest BCUT2D eigenvalue weighted by molar-refractivity contribution is 0.104. The van der Waals surface area contributed by atoms with Crippen molar-refractivity contribution in [2.75, 3.05) is 7.11 Å². The molecular formula is C16H11BrCl2O2. The molecule has 0 bridgehead atoms. The van der Waals surface area contributed by atoms with Crippen LogP contribution in [-0.2, 0) is 0 Å². The minimum Gasteiger partial charge on any atom is -0.496 e. The molecule has 2 aromatic carbocycles. The van der Waals surface area contributed by atoms with Crippen LogP contribution in [0.3, 0.4) is 0 Å². The first-order chi connectivity index (χ1) is 10.0. The van der Waals surface area contributed by atoms with Crippen LogP contribution in [0.25, 0.3) is 6.08 Å². The highest BCUT2D eigenvalue weighted by Gasteiger charge is 2.08. The Labute approximate surface area is 141 Å². The second-order valence-corrected chi connectivity index (χ2v) is 5.97. The van der Waals surface area contributed by atoms with E-state index in [1.54, 1.807) is 31.4 Å². The van der Waals surface area contributed by atoms with E-state index in [1.807, 2.05) is 18.2 Å². The topological polar surface area (TPSA) is 26.3 Å². The van der Waals surface area contributed by atoms with Gasteiger partial charge in [0.05, 0.1) is 12.1 Å². The van der Waals surface area contributed by atoms with Crippen molar-refractivity contribution in [2.45, 2.75) is 0 Å². The number of benzene rings is 2. The first-order valence-corrected chi connectivity index (χ1v) is 7.57. The third-order valence-electron chi connectivity index (χ3n) is 2.80. The van der Waals surface area contributed by atoms with Crippen molar-refractivity contribution in [1.29, 1.82) is 0 Å². The van der Waals surface area contributed by atoms with Crippen LogP contribution in [0.2, 0.25) is 10.0 Å². The number of allylic oxidation sites excluding steroid dienone is 1. The molecule has 21 heavy (non-hydrogen) atoms. The molecule has 5 heteroatoms. The molecule has 0 saturated carbocycles. The highest BCUT2D eigenvalue weighted by Crippen LogP contribution is 2.25. The van der Waals surface area contributed by atoms with E-state index in [1.165, 1.54) is 6.08 Å². The van der Waals surface area contributed by atoms with E-state index < -0.39 is 0 Å². The molecule has 0 spiro atoms. The van der Waals surface area contributed by atoms with Crippen molar-refractivity contribution < 1.29 is 9.53 Å². The molecule has 2 rings (SSSR count). The number of hydrogen-bond acceptors (Lipinski definition) is 2. The summed E-state index contributed by atoms with van der Waals surface area (Å²) in [5.74, 6) is 0.489. The molecule has 0 aliphatic heterocycles. The third-order valence-corrected chi connectivity index (χ3v) is 3.84. The molecule has 108 valence electrons. The number of carbonyl (C=O) groups is 1. The number of halogens is 3. The molecule has 0 saturated heterocycles. The summed E-state index contributed by atoms with van der Waals surface area (Å²) in [4.78, 5) is 12.2. The summed E-state index contributed by atoms with van der Waals surface area (Å²) >= 11 is 15.2. The maximum absolute atomic E-state index is 12.2. The molecule has 0 fully saturated rings. The van der Waals surface area contributed by atoms with Crippen LogP contribution in [0.15, 0.2) is 46.9 Å². The molecule has 0 atom stereocenters. The minimum absolute atomic E-state index is 0.196. The van der Waals surface area contributed by atoms with Crippen LogP contribution in [0.5, 0.6) is 5.75 Å². The van der Waals surface area contributed by atoms with Gasteiger partial charge >= 0.3 is 0 Å². The molecule has 0 unspecified atom stereocenters. The van der Waals surface area contributed by atoms with E-state index >= 15 is 0 Å². The van der Waals surface area contributed by atoms with Gasteiger partial charge in [-0.15, -0.1) is 0 Å². The van der Waals surface area contributed by atoms with Gasteiger partial charge in [-0.25, -0.2) is 0 Å². The number of methoxy groups -OCH3 is 1. The Bertz CT molecular complexity index is 711. The van der Waals surface area contributed by atoms with Gasteiger partial charge in [-0.1, -0.05) is 39.1 Å². The minimum atomic E-state index is -0.196. The predicted molar refractivity (Wildman–Crippen MR) is 90.5 cm³/mol. The van der Waals surface area contributed by atoms with Gasteiger partial charge in [0.2, 0.25) is 0 Å². The average molecular weight is 386 g/mol. The van der Waals surface area contributed by atoms with Gasteiger partial charge in [-0.3, -0.25) is 4.79 Å². The molecule has 0 heterocycles. The van der Waals surface area contributed by atoms with Crippen molar-refractivity contribution in [2.24, 2.45) is 0 Å². The zero-order valence-corrected chi connectivity index (χ0v) is 14.2. The van der Waals surface area contributed by atoms with Crippen molar-refractivity contribution >= 4 is 51.0 Å². The van der Waals surface area contributed by atoms with Crippen LogP contribution in [0, 0.1) is 0 Å². The fourth-order valence-corrected chi connectivity index (χ4v) is 2.66. The number of rotatable bonds is 4. The largest absolute Gasteiger partial charge is 0.496 e. The van der Waals surface area contributed by atoms with Crippen LogP contribution in [-0.4, -0.2) is 12.9 Å². The summed E-state index contributed by atoms with van der Waals surface area (Å²) in [5, 5.41) is 0.826. The van der Waals surface area contributed by atoms with E-state index in [9.17, 15) is 4.79 Å². The molecule has 2 aromatic rings. The van der Waals surface area contributed by atoms with Crippen LogP contribution < -0.4 is 4.74 Å². The lowest BCUT2D eigenvalue weighted by Gasteiger charge is -2.05. The second kappa shape index (κ2) is 7.12. The first-order valence-electron chi connectivity index (χ1n) is 6.02. The van der Waals surface area contributed by atoms with Gasteiger partial charge in [0.1, 0.15) is 5.75 Å². The van der Waals surface area contributed by atoms with Gasteiger partial charge < -0.3 is 4.74 Å². The maximum Gasteiger partial charge on any atom is 0.187 e. The number of hydrogen-bond donors (Lipinski definition) is 0. The molecule has 0 aromatic heterocycles. The molecule has 2 nitrogen and oxygen atoms in total. The summed E-state index contributed by atoms with van der Waals surface area (Å²) in [7, 11) is 1.58. The normalized spacial score (nSPS) is 10.9. The SMILES string of the molecule is COc1ccc(Br)cc1C=CC(=O)c1ccc(Cl)cc1Cl. The Hall–Kier alpha value is -1.29. The molecule has 0 aliphatic carbocycles. The zero-order chi connectivity index (χ0) is 15.4. The predicted octanol–water partition coefficient (Wildman–Crippen LogP) is 5.66. The Balaban J connectivity index is 2.28. The molecule has 0 amide bonds. The average Bonchev–Trinajstić information content (AvgIpc) is 2.45. The monoisotopic (exact) mass is 384 g/mol. The smallest absolute Gasteiger partial charge is 0.187 e. The Morgan fingerprint density at radius 1 is 1.19 bits per heavy atom. The maximum atomic E-state index is 12.2. The highest BCUT2D eigenvalue weighted by molar-refractivity contribution is 9.10. The fraction of sp³-hybridized carbons (Fsp3) is 0.0625. The van der Waals surface area contributed by atoms with Crippen LogP contribution in [0.1, 0.15) is 15.9 Å². The Kier molecular flexibility index (Phi) is 5.45. The van der Waals surface area contributed by atoms with Gasteiger partial charge in [0.25, 0.3) is 0 Å². The summed E-state index contributed by atoms with van der Waals surface area (Å²) < 4.78 is 6.15. The molecule has 0 radical (unpaired) electrons. The van der Waals surface area contributed by atoms with Gasteiger partial charge in [-0.2, -0.15) is 0 Å². The molecule has 0 N–H and O–H groups in total. The van der Waals surface area contributed by atoms with E-state index in [2.05, 4.69) is 15.9 Å². The third kappa shape index (κ3) is 4.10. The Morgan fingerprint density at radius 3 is 2.62 bits per heavy atom. The van der Waals surface area contributed by atoms with Gasteiger partial charge in [0.15, 0.2) is 5.78 Å². The van der Waals surface area contributed by atoms with E-state index in [0.717, 1.165) is 10.0 Å². The van der Waals surface area contributed by atoms with Crippen molar-refractivity contribution in [3.05, 3.63) is 68.1 Å². The Morgan fingerprint density at radius 2 is 1.95 bits per heavy atom. The lowest BCUT2D eigenvalue weighted by Crippen LogP contribution is -1.95. The second-order valence-electron chi connectivity index (χ2n) is 4.21. The van der Waals surface area contributed by atoms with Crippen molar-refractivity contribution in [3.63, 3.8) is 0 Å². The summed E-state index contributed by atoms with van der Waals surface area (Å²) in [6, 6.07) is 10.3. The fourth-order valence-electron chi connectivity index (χ4n) is 1.78. The standard InChI is InChI=1S/C16H11BrCl2O2/c1-21-16-7-3-11(17)8-10(16)2-6-15(20)13-5-4-12(18)9-14(13)19/h2-9H,1H3. The quantitative estimate of drug-likeness (QED) is 0.501. The van der Waals surface area contributed by atoms with Gasteiger partial charge in [0, 0.05) is 20.6 Å². The molecule has 0 aliphatic rings. The summed E-state index contributed by atoms with van der Waals surface area (Å²) in [6.07, 6.45) is 3.15. The number of ketones is 1. The van der Waals surface area contributed by atoms with Crippen molar-refractivity contribution in [3.8, 4) is 5.75 Å². The summed E-state index contributed by atoms with van der Waals surface area (Å²) in [5.41, 5.74) is 1.21. The van der Waals surface area contributed by atoms with E-state index in [-0.39, 0.29) is 5.78 Å².